The monoisotopic (exact) mass is 476 g/mol. The van der Waals surface area contributed by atoms with Crippen LogP contribution >= 0.6 is 24.0 Å². The first-order chi connectivity index (χ1) is 12.3. The Bertz CT molecular complexity index is 615. The molecular formula is C17H29IN6O2. The molecule has 2 heterocycles. The lowest BCUT2D eigenvalue weighted by atomic mass is 10.4. The van der Waals surface area contributed by atoms with Gasteiger partial charge in [0.25, 0.3) is 0 Å². The van der Waals surface area contributed by atoms with Gasteiger partial charge in [-0.15, -0.1) is 34.2 Å². The SMILES string of the molecule is CCNC(=NCCCOCc1ccco1)NCCn1cnnc1CC.I. The summed E-state index contributed by atoms with van der Waals surface area (Å²) in [5.74, 6) is 2.66. The highest BCUT2D eigenvalue weighted by atomic mass is 127. The van der Waals surface area contributed by atoms with E-state index in [4.69, 9.17) is 9.15 Å². The molecule has 26 heavy (non-hydrogen) atoms. The van der Waals surface area contributed by atoms with E-state index < -0.39 is 0 Å². The Morgan fingerprint density at radius 3 is 2.96 bits per heavy atom. The Hall–Kier alpha value is -1.62. The smallest absolute Gasteiger partial charge is 0.191 e. The second kappa shape index (κ2) is 13.6. The van der Waals surface area contributed by atoms with Crippen LogP contribution < -0.4 is 10.6 Å². The lowest BCUT2D eigenvalue weighted by molar-refractivity contribution is 0.105. The number of aliphatic imine (C=N–C) groups is 1. The zero-order valence-electron chi connectivity index (χ0n) is 15.5. The van der Waals surface area contributed by atoms with Crippen molar-refractivity contribution in [1.82, 2.24) is 25.4 Å². The highest BCUT2D eigenvalue weighted by Crippen LogP contribution is 2.01. The van der Waals surface area contributed by atoms with Crippen molar-refractivity contribution in [3.8, 4) is 0 Å². The van der Waals surface area contributed by atoms with Crippen molar-refractivity contribution in [2.75, 3.05) is 26.2 Å². The van der Waals surface area contributed by atoms with E-state index in [9.17, 15) is 0 Å². The summed E-state index contributed by atoms with van der Waals surface area (Å²) in [5.41, 5.74) is 0. The molecule has 0 radical (unpaired) electrons. The van der Waals surface area contributed by atoms with Crippen LogP contribution in [0.15, 0.2) is 34.1 Å². The van der Waals surface area contributed by atoms with Crippen LogP contribution in [0, 0.1) is 0 Å². The van der Waals surface area contributed by atoms with Crippen LogP contribution in [-0.4, -0.2) is 47.0 Å². The van der Waals surface area contributed by atoms with Crippen molar-refractivity contribution in [3.05, 3.63) is 36.3 Å². The van der Waals surface area contributed by atoms with E-state index in [0.717, 1.165) is 50.0 Å². The number of rotatable bonds is 11. The van der Waals surface area contributed by atoms with Crippen LogP contribution in [0.1, 0.15) is 31.9 Å². The van der Waals surface area contributed by atoms with Crippen molar-refractivity contribution in [2.24, 2.45) is 4.99 Å². The van der Waals surface area contributed by atoms with Crippen LogP contribution in [0.4, 0.5) is 0 Å². The molecule has 0 saturated heterocycles. The van der Waals surface area contributed by atoms with Gasteiger partial charge in [-0.1, -0.05) is 6.92 Å². The molecule has 0 fully saturated rings. The topological polar surface area (TPSA) is 89.5 Å². The third kappa shape index (κ3) is 8.17. The molecule has 0 aliphatic rings. The Morgan fingerprint density at radius 2 is 2.23 bits per heavy atom. The lowest BCUT2D eigenvalue weighted by Crippen LogP contribution is -2.39. The Balaban J connectivity index is 0.00000338. The Kier molecular flexibility index (Phi) is 11.7. The first-order valence-electron chi connectivity index (χ1n) is 8.82. The van der Waals surface area contributed by atoms with Crippen LogP contribution in [-0.2, 0) is 24.3 Å². The maximum atomic E-state index is 5.55. The molecule has 0 aliphatic heterocycles. The number of aromatic nitrogens is 3. The molecule has 2 rings (SSSR count). The van der Waals surface area contributed by atoms with Crippen LogP contribution in [0.5, 0.6) is 0 Å². The van der Waals surface area contributed by atoms with E-state index in [0.29, 0.717) is 19.8 Å². The standard InChI is InChI=1S/C17H28N6O2.HI/c1-3-16-22-21-14-23(16)10-9-20-17(18-4-2)19-8-6-11-24-13-15-7-5-12-25-15;/h5,7,12,14H,3-4,6,8-11,13H2,1-2H3,(H2,18,19,20);1H. The van der Waals surface area contributed by atoms with Crippen molar-refractivity contribution < 1.29 is 9.15 Å². The van der Waals surface area contributed by atoms with Crippen molar-refractivity contribution in [2.45, 2.75) is 39.8 Å². The number of aryl methyl sites for hydroxylation is 1. The van der Waals surface area contributed by atoms with E-state index in [1.807, 2.05) is 12.1 Å². The summed E-state index contributed by atoms with van der Waals surface area (Å²) in [7, 11) is 0. The summed E-state index contributed by atoms with van der Waals surface area (Å²) in [4.78, 5) is 4.56. The van der Waals surface area contributed by atoms with Gasteiger partial charge in [-0.05, 0) is 25.5 Å². The van der Waals surface area contributed by atoms with Gasteiger partial charge in [0, 0.05) is 39.2 Å². The minimum Gasteiger partial charge on any atom is -0.467 e. The van der Waals surface area contributed by atoms with Crippen LogP contribution in [0.25, 0.3) is 0 Å². The summed E-state index contributed by atoms with van der Waals surface area (Å²) in [6.07, 6.45) is 5.16. The molecule has 8 nitrogen and oxygen atoms in total. The van der Waals surface area contributed by atoms with Gasteiger partial charge in [0.05, 0.1) is 6.26 Å². The van der Waals surface area contributed by atoms with Gasteiger partial charge >= 0.3 is 0 Å². The number of hydrogen-bond donors (Lipinski definition) is 2. The zero-order valence-corrected chi connectivity index (χ0v) is 17.8. The summed E-state index contributed by atoms with van der Waals surface area (Å²) in [5, 5.41) is 14.6. The third-order valence-corrected chi connectivity index (χ3v) is 3.54. The molecule has 9 heteroatoms. The quantitative estimate of drug-likeness (QED) is 0.224. The predicted molar refractivity (Wildman–Crippen MR) is 112 cm³/mol. The lowest BCUT2D eigenvalue weighted by Gasteiger charge is -2.12. The van der Waals surface area contributed by atoms with E-state index in [1.54, 1.807) is 12.6 Å². The van der Waals surface area contributed by atoms with Gasteiger partial charge in [-0.25, -0.2) is 0 Å². The Labute approximate surface area is 171 Å². The minimum absolute atomic E-state index is 0. The second-order valence-corrected chi connectivity index (χ2v) is 5.47. The van der Waals surface area contributed by atoms with Gasteiger partial charge in [-0.2, -0.15) is 0 Å². The summed E-state index contributed by atoms with van der Waals surface area (Å²) in [6, 6.07) is 3.77. The molecular weight excluding hydrogens is 447 g/mol. The molecule has 0 atom stereocenters. The number of nitrogens with zero attached hydrogens (tertiary/aromatic N) is 4. The second-order valence-electron chi connectivity index (χ2n) is 5.47. The van der Waals surface area contributed by atoms with Crippen molar-refractivity contribution in [1.29, 1.82) is 0 Å². The average molecular weight is 476 g/mol. The molecule has 0 amide bonds. The minimum atomic E-state index is 0. The van der Waals surface area contributed by atoms with Gasteiger partial charge in [0.15, 0.2) is 5.96 Å². The number of halogens is 1. The van der Waals surface area contributed by atoms with Crippen LogP contribution in [0.2, 0.25) is 0 Å². The largest absolute Gasteiger partial charge is 0.467 e. The van der Waals surface area contributed by atoms with Crippen molar-refractivity contribution in [3.63, 3.8) is 0 Å². The highest BCUT2D eigenvalue weighted by molar-refractivity contribution is 14.0. The van der Waals surface area contributed by atoms with Gasteiger partial charge in [-0.3, -0.25) is 4.99 Å². The first kappa shape index (κ1) is 22.4. The number of furan rings is 1. The third-order valence-electron chi connectivity index (χ3n) is 3.54. The maximum absolute atomic E-state index is 5.55. The molecule has 0 bridgehead atoms. The normalized spacial score (nSPS) is 11.2. The van der Waals surface area contributed by atoms with Gasteiger partial charge < -0.3 is 24.4 Å². The Morgan fingerprint density at radius 1 is 1.35 bits per heavy atom. The summed E-state index contributed by atoms with van der Waals surface area (Å²) < 4.78 is 12.8. The number of nitrogens with one attached hydrogen (secondary N) is 2. The predicted octanol–water partition coefficient (Wildman–Crippen LogP) is 2.21. The summed E-state index contributed by atoms with van der Waals surface area (Å²) >= 11 is 0. The van der Waals surface area contributed by atoms with Crippen LogP contribution in [0.3, 0.4) is 0 Å². The molecule has 0 spiro atoms. The van der Waals surface area contributed by atoms with E-state index in [-0.39, 0.29) is 24.0 Å². The molecule has 2 aromatic heterocycles. The number of ether oxygens (including phenoxy) is 1. The zero-order chi connectivity index (χ0) is 17.7. The van der Waals surface area contributed by atoms with Gasteiger partial charge in [0.2, 0.25) is 0 Å². The fourth-order valence-corrected chi connectivity index (χ4v) is 2.30. The summed E-state index contributed by atoms with van der Waals surface area (Å²) in [6.45, 7) is 8.41. The highest BCUT2D eigenvalue weighted by Gasteiger charge is 2.02. The maximum Gasteiger partial charge on any atom is 0.191 e. The van der Waals surface area contributed by atoms with E-state index in [2.05, 4.69) is 44.2 Å². The molecule has 0 aromatic carbocycles. The molecule has 2 N–H and O–H groups in total. The molecule has 0 saturated carbocycles. The average Bonchev–Trinajstić information content (AvgIpc) is 3.29. The number of hydrogen-bond acceptors (Lipinski definition) is 5. The molecule has 146 valence electrons. The number of guanidine groups is 1. The van der Waals surface area contributed by atoms with Crippen molar-refractivity contribution >= 4 is 29.9 Å². The van der Waals surface area contributed by atoms with E-state index in [1.165, 1.54) is 0 Å². The molecule has 2 aromatic rings. The molecule has 0 aliphatic carbocycles. The van der Waals surface area contributed by atoms with Gasteiger partial charge in [0.1, 0.15) is 24.5 Å². The first-order valence-corrected chi connectivity index (χ1v) is 8.82. The molecule has 0 unspecified atom stereocenters. The van der Waals surface area contributed by atoms with E-state index >= 15 is 0 Å². The fraction of sp³-hybridized carbons (Fsp3) is 0.588. The fourth-order valence-electron chi connectivity index (χ4n) is 2.30.